The minimum Gasteiger partial charge on any atom is -0.463 e. The number of rotatable bonds is 8. The van der Waals surface area contributed by atoms with Crippen molar-refractivity contribution in [3.05, 3.63) is 16.0 Å². The number of ether oxygens (including phenoxy) is 1. The van der Waals surface area contributed by atoms with Crippen molar-refractivity contribution in [2.24, 2.45) is 0 Å². The van der Waals surface area contributed by atoms with Crippen molar-refractivity contribution in [2.75, 3.05) is 11.9 Å². The zero-order chi connectivity index (χ0) is 22.4. The first-order chi connectivity index (χ1) is 14.2. The number of fused-ring (bicyclic) bond motifs is 1. The highest BCUT2D eigenvalue weighted by atomic mass is 32.1. The van der Waals surface area contributed by atoms with Crippen LogP contribution in [0.3, 0.4) is 0 Å². The summed E-state index contributed by atoms with van der Waals surface area (Å²) in [5, 5.41) is 13.6. The summed E-state index contributed by atoms with van der Waals surface area (Å²) in [5.74, 6) is -2.58. The molecule has 166 valence electrons. The molecule has 6 nitrogen and oxygen atoms in total. The fourth-order valence-electron chi connectivity index (χ4n) is 3.36. The summed E-state index contributed by atoms with van der Waals surface area (Å²) in [6.07, 6.45) is -0.416. The molecule has 0 spiro atoms. The van der Waals surface area contributed by atoms with Crippen LogP contribution in [0.2, 0.25) is 0 Å². The summed E-state index contributed by atoms with van der Waals surface area (Å²) in [6.45, 7) is 2.88. The fourth-order valence-corrected chi connectivity index (χ4v) is 4.65. The number of unbranched alkanes of at least 4 members (excludes halogenated alkanes) is 1. The number of halogens is 3. The fraction of sp³-hybridized carbons (Fsp3) is 0.650. The highest BCUT2D eigenvalue weighted by molar-refractivity contribution is 7.16. The van der Waals surface area contributed by atoms with Gasteiger partial charge in [-0.2, -0.15) is 18.4 Å². The van der Waals surface area contributed by atoms with E-state index in [4.69, 9.17) is 4.74 Å². The number of nitrogens with zero attached hydrogens (tertiary/aromatic N) is 1. The molecular weight excluding hydrogens is 419 g/mol. The molecule has 0 fully saturated rings. The van der Waals surface area contributed by atoms with Gasteiger partial charge < -0.3 is 15.4 Å². The molecule has 2 N–H and O–H groups in total. The molecule has 1 aliphatic carbocycles. The van der Waals surface area contributed by atoms with E-state index in [-0.39, 0.29) is 23.6 Å². The molecule has 1 aromatic rings. The largest absolute Gasteiger partial charge is 0.463 e. The topological polar surface area (TPSA) is 91.2 Å². The van der Waals surface area contributed by atoms with Crippen LogP contribution in [0.4, 0.5) is 18.2 Å². The average molecular weight is 446 g/mol. The zero-order valence-corrected chi connectivity index (χ0v) is 17.9. The molecular formula is C20H26F3N3O3S. The Morgan fingerprint density at radius 2 is 1.90 bits per heavy atom. The summed E-state index contributed by atoms with van der Waals surface area (Å²) >= 11 is 1.03. The first kappa shape index (κ1) is 24.0. The summed E-state index contributed by atoms with van der Waals surface area (Å²) < 4.78 is 47.4. The van der Waals surface area contributed by atoms with Crippen LogP contribution in [0.1, 0.15) is 68.4 Å². The molecule has 0 aromatic carbocycles. The van der Waals surface area contributed by atoms with E-state index < -0.39 is 23.7 Å². The third-order valence-corrected chi connectivity index (χ3v) is 6.13. The predicted molar refractivity (Wildman–Crippen MR) is 107 cm³/mol. The number of nitrogens with one attached hydrogen (secondary N) is 2. The van der Waals surface area contributed by atoms with Crippen molar-refractivity contribution in [3.8, 4) is 6.07 Å². The zero-order valence-electron chi connectivity index (χ0n) is 17.1. The maximum atomic E-state index is 14.2. The summed E-state index contributed by atoms with van der Waals surface area (Å²) in [7, 11) is 0. The minimum atomic E-state index is -5.20. The molecule has 1 aromatic heterocycles. The third-order valence-electron chi connectivity index (χ3n) is 4.93. The van der Waals surface area contributed by atoms with E-state index in [9.17, 15) is 28.0 Å². The SMILES string of the molecule is CCCCC(=O)NC(Nc1sc2c(c1C#N)CCCCC2)(C(=O)OCC)C(F)(F)F. The molecule has 0 aliphatic heterocycles. The van der Waals surface area contributed by atoms with Crippen LogP contribution in [0, 0.1) is 11.3 Å². The Labute approximate surface area is 177 Å². The number of hydrogen-bond acceptors (Lipinski definition) is 6. The quantitative estimate of drug-likeness (QED) is 0.351. The van der Waals surface area contributed by atoms with E-state index >= 15 is 0 Å². The van der Waals surface area contributed by atoms with Gasteiger partial charge in [-0.3, -0.25) is 4.79 Å². The van der Waals surface area contributed by atoms with Crippen molar-refractivity contribution >= 4 is 28.2 Å². The lowest BCUT2D eigenvalue weighted by atomic mass is 10.0. The highest BCUT2D eigenvalue weighted by Crippen LogP contribution is 2.41. The number of anilines is 1. The van der Waals surface area contributed by atoms with E-state index in [0.717, 1.165) is 41.0 Å². The molecule has 0 saturated carbocycles. The first-order valence-electron chi connectivity index (χ1n) is 10.1. The van der Waals surface area contributed by atoms with Crippen molar-refractivity contribution in [1.82, 2.24) is 5.32 Å². The van der Waals surface area contributed by atoms with Gasteiger partial charge in [-0.05, 0) is 44.6 Å². The highest BCUT2D eigenvalue weighted by Gasteiger charge is 2.64. The van der Waals surface area contributed by atoms with Gasteiger partial charge in [0.05, 0.1) is 12.2 Å². The lowest BCUT2D eigenvalue weighted by Crippen LogP contribution is -2.69. The number of esters is 1. The van der Waals surface area contributed by atoms with Gasteiger partial charge in [0.25, 0.3) is 0 Å². The Bertz CT molecular complexity index is 817. The predicted octanol–water partition coefficient (Wildman–Crippen LogP) is 4.43. The number of nitriles is 1. The van der Waals surface area contributed by atoms with Crippen LogP contribution in [0.25, 0.3) is 0 Å². The molecule has 0 bridgehead atoms. The Kier molecular flexibility index (Phi) is 8.12. The molecule has 1 amide bonds. The van der Waals surface area contributed by atoms with Crippen LogP contribution in [0.5, 0.6) is 0 Å². The van der Waals surface area contributed by atoms with Crippen LogP contribution < -0.4 is 10.6 Å². The number of alkyl halides is 3. The van der Waals surface area contributed by atoms with Gasteiger partial charge >= 0.3 is 17.8 Å². The van der Waals surface area contributed by atoms with Crippen LogP contribution in [-0.2, 0) is 27.2 Å². The monoisotopic (exact) mass is 445 g/mol. The number of thiophene rings is 1. The van der Waals surface area contributed by atoms with E-state index in [1.54, 1.807) is 6.92 Å². The molecule has 1 unspecified atom stereocenters. The van der Waals surface area contributed by atoms with Crippen molar-refractivity contribution in [2.45, 2.75) is 77.1 Å². The number of amides is 1. The minimum absolute atomic E-state index is 0.0782. The van der Waals surface area contributed by atoms with E-state index in [2.05, 4.69) is 5.32 Å². The molecule has 0 saturated heterocycles. The number of aryl methyl sites for hydroxylation is 1. The van der Waals surface area contributed by atoms with Gasteiger partial charge in [-0.15, -0.1) is 11.3 Å². The second kappa shape index (κ2) is 10.2. The lowest BCUT2D eigenvalue weighted by molar-refractivity contribution is -0.207. The normalized spacial score (nSPS) is 15.9. The molecule has 0 radical (unpaired) electrons. The van der Waals surface area contributed by atoms with Gasteiger partial charge in [0.15, 0.2) is 0 Å². The number of hydrogen-bond donors (Lipinski definition) is 2. The second-order valence-corrected chi connectivity index (χ2v) is 8.23. The van der Waals surface area contributed by atoms with Gasteiger partial charge in [-0.1, -0.05) is 19.8 Å². The molecule has 1 aliphatic rings. The molecule has 1 heterocycles. The molecule has 2 rings (SSSR count). The van der Waals surface area contributed by atoms with Crippen LogP contribution >= 0.6 is 11.3 Å². The van der Waals surface area contributed by atoms with Gasteiger partial charge in [0.2, 0.25) is 5.91 Å². The Morgan fingerprint density at radius 3 is 2.50 bits per heavy atom. The van der Waals surface area contributed by atoms with Crippen molar-refractivity contribution < 1.29 is 27.5 Å². The van der Waals surface area contributed by atoms with Gasteiger partial charge in [0, 0.05) is 11.3 Å². The van der Waals surface area contributed by atoms with E-state index in [1.807, 2.05) is 11.4 Å². The van der Waals surface area contributed by atoms with Crippen LogP contribution in [0.15, 0.2) is 0 Å². The maximum absolute atomic E-state index is 14.2. The third kappa shape index (κ3) is 5.06. The molecule has 1 atom stereocenters. The summed E-state index contributed by atoms with van der Waals surface area (Å²) in [5.41, 5.74) is -2.65. The average Bonchev–Trinajstić information content (AvgIpc) is 2.83. The van der Waals surface area contributed by atoms with E-state index in [0.29, 0.717) is 25.7 Å². The van der Waals surface area contributed by atoms with Crippen molar-refractivity contribution in [1.29, 1.82) is 5.26 Å². The van der Waals surface area contributed by atoms with E-state index in [1.165, 1.54) is 6.92 Å². The summed E-state index contributed by atoms with van der Waals surface area (Å²) in [4.78, 5) is 25.6. The van der Waals surface area contributed by atoms with Gasteiger partial charge in [0.1, 0.15) is 11.1 Å². The lowest BCUT2D eigenvalue weighted by Gasteiger charge is -2.35. The number of carbonyl (C=O) groups is 2. The Hall–Kier alpha value is -2.28. The molecule has 30 heavy (non-hydrogen) atoms. The van der Waals surface area contributed by atoms with Gasteiger partial charge in [-0.25, -0.2) is 4.79 Å². The smallest absolute Gasteiger partial charge is 0.441 e. The van der Waals surface area contributed by atoms with Crippen LogP contribution in [-0.4, -0.2) is 30.3 Å². The van der Waals surface area contributed by atoms with Crippen molar-refractivity contribution in [3.63, 3.8) is 0 Å². The second-order valence-electron chi connectivity index (χ2n) is 7.13. The Morgan fingerprint density at radius 1 is 1.20 bits per heavy atom. The number of carbonyl (C=O) groups excluding carboxylic acids is 2. The molecule has 10 heteroatoms. The standard InChI is InChI=1S/C20H26F3N3O3S/c1-3-5-11-16(27)25-19(20(21,22)23,18(28)29-4-2)26-17-14(12-24)13-9-7-6-8-10-15(13)30-17/h26H,3-11H2,1-2H3,(H,25,27). The Balaban J connectivity index is 2.53. The maximum Gasteiger partial charge on any atom is 0.441 e. The summed E-state index contributed by atoms with van der Waals surface area (Å²) in [6, 6.07) is 1.98. The first-order valence-corrected chi connectivity index (χ1v) is 10.9.